The second-order valence-electron chi connectivity index (χ2n) is 5.69. The van der Waals surface area contributed by atoms with Crippen molar-refractivity contribution < 1.29 is 9.22 Å². The fourth-order valence-electron chi connectivity index (χ4n) is 2.34. The summed E-state index contributed by atoms with van der Waals surface area (Å²) in [5.41, 5.74) is 0. The third-order valence-electron chi connectivity index (χ3n) is 3.68. The Kier molecular flexibility index (Phi) is 10.1. The monoisotopic (exact) mass is 304 g/mol. The predicted molar refractivity (Wildman–Crippen MR) is 89.8 cm³/mol. The number of hydrogen-bond donors (Lipinski definition) is 1. The van der Waals surface area contributed by atoms with E-state index in [-0.39, 0.29) is 11.9 Å². The molecule has 0 aromatic carbocycles. The van der Waals surface area contributed by atoms with Gasteiger partial charge in [-0.3, -0.25) is 4.79 Å². The van der Waals surface area contributed by atoms with E-state index in [0.717, 1.165) is 19.3 Å². The molecule has 4 heteroatoms. The first kappa shape index (κ1) is 19.2. The van der Waals surface area contributed by atoms with Crippen LogP contribution in [0.3, 0.4) is 0 Å². The summed E-state index contributed by atoms with van der Waals surface area (Å²) in [6.45, 7) is 10.5. The zero-order valence-corrected chi connectivity index (χ0v) is 15.4. The Morgan fingerprint density at radius 2 is 1.79 bits per heavy atom. The number of thiol groups is 1. The van der Waals surface area contributed by atoms with E-state index in [9.17, 15) is 4.79 Å². The lowest BCUT2D eigenvalue weighted by atomic mass is 9.91. The third kappa shape index (κ3) is 6.96. The summed E-state index contributed by atoms with van der Waals surface area (Å²) in [6, 6.07) is 0. The topological polar surface area (TPSA) is 26.3 Å². The van der Waals surface area contributed by atoms with Crippen molar-refractivity contribution in [2.75, 3.05) is 0 Å². The van der Waals surface area contributed by atoms with E-state index in [1.165, 1.54) is 19.3 Å². The van der Waals surface area contributed by atoms with Crippen molar-refractivity contribution in [2.45, 2.75) is 89.7 Å². The fraction of sp³-hybridized carbons (Fsp3) is 0.933. The molecule has 0 fully saturated rings. The highest BCUT2D eigenvalue weighted by atomic mass is 32.1. The molecule has 0 aromatic heterocycles. The Hall–Kier alpha value is 0.197. The van der Waals surface area contributed by atoms with Crippen LogP contribution in [-0.4, -0.2) is 25.7 Å². The summed E-state index contributed by atoms with van der Waals surface area (Å²) in [7, 11) is -1.13. The van der Waals surface area contributed by atoms with E-state index in [0.29, 0.717) is 6.42 Å². The van der Waals surface area contributed by atoms with Crippen LogP contribution in [0.2, 0.25) is 13.1 Å². The Morgan fingerprint density at radius 1 is 1.21 bits per heavy atom. The van der Waals surface area contributed by atoms with Crippen molar-refractivity contribution in [1.82, 2.24) is 0 Å². The minimum absolute atomic E-state index is 0.0735. The second-order valence-corrected chi connectivity index (χ2v) is 8.86. The normalized spacial score (nSPS) is 16.4. The van der Waals surface area contributed by atoms with Crippen molar-refractivity contribution in [1.29, 1.82) is 0 Å². The maximum Gasteiger partial charge on any atom is 0.171 e. The smallest absolute Gasteiger partial charge is 0.171 e. The van der Waals surface area contributed by atoms with Crippen LogP contribution in [0.1, 0.15) is 65.7 Å². The van der Waals surface area contributed by atoms with E-state index in [2.05, 4.69) is 32.6 Å². The van der Waals surface area contributed by atoms with E-state index >= 15 is 0 Å². The number of ketones is 1. The average molecular weight is 305 g/mol. The lowest BCUT2D eigenvalue weighted by Gasteiger charge is -2.33. The van der Waals surface area contributed by atoms with Gasteiger partial charge in [-0.1, -0.05) is 39.5 Å². The SMILES string of the molecule is CCCCCCCC(=O)C(S)(CC)C(C)O[SiH](C)C. The molecule has 2 atom stereocenters. The standard InChI is InChI=1S/C15H32O2SSi/c1-6-8-9-10-11-12-14(16)15(18,7-2)13(3)17-19(4)5/h13,18-19H,6-12H2,1-5H3. The van der Waals surface area contributed by atoms with Crippen LogP contribution in [0.5, 0.6) is 0 Å². The highest BCUT2D eigenvalue weighted by Crippen LogP contribution is 2.29. The molecule has 0 saturated heterocycles. The van der Waals surface area contributed by atoms with Crippen molar-refractivity contribution in [2.24, 2.45) is 0 Å². The van der Waals surface area contributed by atoms with Gasteiger partial charge in [0.2, 0.25) is 0 Å². The number of unbranched alkanes of at least 4 members (excludes halogenated alkanes) is 4. The van der Waals surface area contributed by atoms with Gasteiger partial charge in [-0.2, -0.15) is 12.6 Å². The first-order valence-electron chi connectivity index (χ1n) is 7.79. The van der Waals surface area contributed by atoms with Gasteiger partial charge in [-0.25, -0.2) is 0 Å². The molecule has 114 valence electrons. The Bertz CT molecular complexity index is 259. The Labute approximate surface area is 126 Å². The molecule has 0 radical (unpaired) electrons. The number of carbonyl (C=O) groups excluding carboxylic acids is 1. The Balaban J connectivity index is 4.28. The highest BCUT2D eigenvalue weighted by Gasteiger charge is 2.38. The molecular weight excluding hydrogens is 272 g/mol. The number of carbonyl (C=O) groups is 1. The molecule has 0 spiro atoms. The van der Waals surface area contributed by atoms with Gasteiger partial charge in [-0.05, 0) is 32.9 Å². The molecule has 0 N–H and O–H groups in total. The van der Waals surface area contributed by atoms with Gasteiger partial charge >= 0.3 is 0 Å². The van der Waals surface area contributed by atoms with Gasteiger partial charge in [-0.15, -0.1) is 0 Å². The van der Waals surface area contributed by atoms with E-state index < -0.39 is 13.8 Å². The van der Waals surface area contributed by atoms with E-state index in [1.54, 1.807) is 0 Å². The molecule has 0 rings (SSSR count). The van der Waals surface area contributed by atoms with Crippen molar-refractivity contribution >= 4 is 27.5 Å². The van der Waals surface area contributed by atoms with Gasteiger partial charge in [0.25, 0.3) is 0 Å². The molecule has 0 heterocycles. The number of rotatable bonds is 11. The Morgan fingerprint density at radius 3 is 2.26 bits per heavy atom. The fourth-order valence-corrected chi connectivity index (χ4v) is 3.67. The summed E-state index contributed by atoms with van der Waals surface area (Å²) >= 11 is 4.67. The summed E-state index contributed by atoms with van der Waals surface area (Å²) in [5, 5.41) is 0. The van der Waals surface area contributed by atoms with Crippen LogP contribution in [-0.2, 0) is 9.22 Å². The van der Waals surface area contributed by atoms with Gasteiger partial charge in [0.1, 0.15) is 0 Å². The minimum Gasteiger partial charge on any atom is -0.416 e. The van der Waals surface area contributed by atoms with Crippen molar-refractivity contribution in [3.05, 3.63) is 0 Å². The van der Waals surface area contributed by atoms with Crippen molar-refractivity contribution in [3.8, 4) is 0 Å². The molecule has 2 nitrogen and oxygen atoms in total. The second kappa shape index (κ2) is 10.0. The number of Topliss-reactive ketones (excluding diaryl/α,β-unsaturated/α-hetero) is 1. The lowest BCUT2D eigenvalue weighted by Crippen LogP contribution is -2.45. The maximum absolute atomic E-state index is 12.4. The van der Waals surface area contributed by atoms with E-state index in [1.807, 2.05) is 13.8 Å². The summed E-state index contributed by atoms with van der Waals surface area (Å²) in [4.78, 5) is 12.4. The zero-order chi connectivity index (χ0) is 14.9. The molecular formula is C15H32O2SSi. The molecule has 0 aliphatic rings. The van der Waals surface area contributed by atoms with Crippen LogP contribution >= 0.6 is 12.6 Å². The maximum atomic E-state index is 12.4. The third-order valence-corrected chi connectivity index (χ3v) is 5.56. The number of hydrogen-bond acceptors (Lipinski definition) is 3. The average Bonchev–Trinajstić information content (AvgIpc) is 2.36. The predicted octanol–water partition coefficient (Wildman–Crippen LogP) is 4.38. The molecule has 0 saturated carbocycles. The molecule has 0 bridgehead atoms. The molecule has 0 aromatic rings. The van der Waals surface area contributed by atoms with Crippen LogP contribution < -0.4 is 0 Å². The first-order valence-corrected chi connectivity index (χ1v) is 11.0. The minimum atomic E-state index is -1.13. The highest BCUT2D eigenvalue weighted by molar-refractivity contribution is 7.82. The summed E-state index contributed by atoms with van der Waals surface area (Å²) in [6.07, 6.45) is 7.21. The van der Waals surface area contributed by atoms with Crippen LogP contribution in [0.4, 0.5) is 0 Å². The van der Waals surface area contributed by atoms with Crippen molar-refractivity contribution in [3.63, 3.8) is 0 Å². The largest absolute Gasteiger partial charge is 0.416 e. The first-order chi connectivity index (χ1) is 8.88. The van der Waals surface area contributed by atoms with Gasteiger partial charge in [0, 0.05) is 6.42 Å². The lowest BCUT2D eigenvalue weighted by molar-refractivity contribution is -0.123. The van der Waals surface area contributed by atoms with Crippen LogP contribution in [0, 0.1) is 0 Å². The zero-order valence-electron chi connectivity index (χ0n) is 13.4. The quantitative estimate of drug-likeness (QED) is 0.348. The van der Waals surface area contributed by atoms with Gasteiger partial charge < -0.3 is 4.43 Å². The van der Waals surface area contributed by atoms with E-state index in [4.69, 9.17) is 4.43 Å². The molecule has 0 amide bonds. The van der Waals surface area contributed by atoms with Crippen LogP contribution in [0.25, 0.3) is 0 Å². The van der Waals surface area contributed by atoms with Gasteiger partial charge in [0.15, 0.2) is 14.8 Å². The molecule has 19 heavy (non-hydrogen) atoms. The molecule has 0 aliphatic heterocycles. The molecule has 2 unspecified atom stereocenters. The van der Waals surface area contributed by atoms with Crippen LogP contribution in [0.15, 0.2) is 0 Å². The summed E-state index contributed by atoms with van der Waals surface area (Å²) < 4.78 is 5.32. The van der Waals surface area contributed by atoms with Gasteiger partial charge in [0.05, 0.1) is 10.9 Å². The molecule has 0 aliphatic carbocycles. The summed E-state index contributed by atoms with van der Waals surface area (Å²) in [5.74, 6) is 0.261.